The first kappa shape index (κ1) is 20.0. The van der Waals surface area contributed by atoms with Crippen LogP contribution in [0, 0.1) is 17.3 Å². The number of hydrogen-bond acceptors (Lipinski definition) is 5. The lowest BCUT2D eigenvalue weighted by molar-refractivity contribution is -0.00126. The third kappa shape index (κ3) is 3.44. The highest BCUT2D eigenvalue weighted by atomic mass is 32.1. The molecule has 2 unspecified atom stereocenters. The highest BCUT2D eigenvalue weighted by Crippen LogP contribution is 2.58. The number of rotatable bonds is 6. The van der Waals surface area contributed by atoms with Gasteiger partial charge < -0.3 is 9.47 Å². The Balaban J connectivity index is 1.78. The van der Waals surface area contributed by atoms with Crippen LogP contribution in [0.1, 0.15) is 33.6 Å². The van der Waals surface area contributed by atoms with Crippen LogP contribution in [-0.2, 0) is 0 Å². The second kappa shape index (κ2) is 7.82. The van der Waals surface area contributed by atoms with Crippen LogP contribution >= 0.6 is 11.3 Å². The van der Waals surface area contributed by atoms with Crippen molar-refractivity contribution in [3.05, 3.63) is 40.0 Å². The molecule has 6 heteroatoms. The molecule has 0 aliphatic heterocycles. The maximum absolute atomic E-state index is 5.61. The number of hydrogen-bond donors (Lipinski definition) is 0. The van der Waals surface area contributed by atoms with Crippen LogP contribution in [0.2, 0.25) is 0 Å². The van der Waals surface area contributed by atoms with Gasteiger partial charge in [-0.05, 0) is 60.8 Å². The fourth-order valence-corrected chi connectivity index (χ4v) is 5.42. The normalized spacial score (nSPS) is 23.1. The van der Waals surface area contributed by atoms with E-state index in [1.807, 2.05) is 36.0 Å². The Morgan fingerprint density at radius 1 is 1.28 bits per heavy atom. The zero-order valence-corrected chi connectivity index (χ0v) is 18.6. The van der Waals surface area contributed by atoms with E-state index in [9.17, 15) is 0 Å². The summed E-state index contributed by atoms with van der Waals surface area (Å²) in [5.41, 5.74) is 3.63. The van der Waals surface area contributed by atoms with Gasteiger partial charge in [0, 0.05) is 17.5 Å². The quantitative estimate of drug-likeness (QED) is 0.630. The van der Waals surface area contributed by atoms with Crippen molar-refractivity contribution in [1.82, 2.24) is 4.68 Å². The van der Waals surface area contributed by atoms with Crippen LogP contribution in [-0.4, -0.2) is 31.7 Å². The lowest BCUT2D eigenvalue weighted by Crippen LogP contribution is -2.48. The minimum atomic E-state index is 0.380. The van der Waals surface area contributed by atoms with E-state index in [-0.39, 0.29) is 0 Å². The van der Waals surface area contributed by atoms with E-state index in [0.29, 0.717) is 17.9 Å². The molecule has 29 heavy (non-hydrogen) atoms. The Bertz CT molecular complexity index is 1030. The summed E-state index contributed by atoms with van der Waals surface area (Å²) in [6.07, 6.45) is 6.84. The van der Waals surface area contributed by atoms with Crippen molar-refractivity contribution in [1.29, 1.82) is 0 Å². The second-order valence-electron chi connectivity index (χ2n) is 8.25. The van der Waals surface area contributed by atoms with E-state index in [0.717, 1.165) is 39.9 Å². The highest BCUT2D eigenvalue weighted by Gasteiger charge is 2.50. The third-order valence-electron chi connectivity index (χ3n) is 6.49. The monoisotopic (exact) mass is 411 g/mol. The van der Waals surface area contributed by atoms with Gasteiger partial charge in [-0.1, -0.05) is 19.9 Å². The molecule has 154 valence electrons. The summed E-state index contributed by atoms with van der Waals surface area (Å²) in [6, 6.07) is 5.82. The predicted molar refractivity (Wildman–Crippen MR) is 119 cm³/mol. The first-order chi connectivity index (χ1) is 14.0. The molecule has 0 saturated heterocycles. The fourth-order valence-electron chi connectivity index (χ4n) is 4.52. The highest BCUT2D eigenvalue weighted by molar-refractivity contribution is 7.07. The molecule has 3 aliphatic rings. The number of methoxy groups -OCH3 is 2. The second-order valence-corrected chi connectivity index (χ2v) is 9.08. The molecule has 1 aromatic carbocycles. The van der Waals surface area contributed by atoms with E-state index in [1.54, 1.807) is 25.6 Å². The zero-order chi connectivity index (χ0) is 20.6. The van der Waals surface area contributed by atoms with Crippen molar-refractivity contribution in [2.75, 3.05) is 20.8 Å². The number of allylic oxidation sites excluding steroid dienone is 2. The third-order valence-corrected chi connectivity index (χ3v) is 7.35. The lowest BCUT2D eigenvalue weighted by Gasteiger charge is -2.55. The number of benzene rings is 1. The number of ether oxygens (including phenoxy) is 2. The van der Waals surface area contributed by atoms with Crippen molar-refractivity contribution in [2.24, 2.45) is 27.3 Å². The average Bonchev–Trinajstić information content (AvgIpc) is 3.14. The molecule has 1 saturated carbocycles. The number of thiazole rings is 1. The molecular weight excluding hydrogens is 382 g/mol. The minimum absolute atomic E-state index is 0.380. The van der Waals surface area contributed by atoms with Crippen LogP contribution in [0.3, 0.4) is 0 Å². The van der Waals surface area contributed by atoms with Crippen molar-refractivity contribution in [3.63, 3.8) is 0 Å². The largest absolute Gasteiger partial charge is 0.497 e. The topological polar surface area (TPSA) is 48.1 Å². The van der Waals surface area contributed by atoms with Gasteiger partial charge in [-0.3, -0.25) is 4.99 Å². The van der Waals surface area contributed by atoms with Crippen LogP contribution in [0.25, 0.3) is 11.3 Å². The van der Waals surface area contributed by atoms with E-state index in [2.05, 4.69) is 30.3 Å². The first-order valence-corrected chi connectivity index (χ1v) is 11.0. The van der Waals surface area contributed by atoms with Gasteiger partial charge in [0.25, 0.3) is 0 Å². The summed E-state index contributed by atoms with van der Waals surface area (Å²) in [4.78, 5) is 5.53. The predicted octanol–water partition coefficient (Wildman–Crippen LogP) is 4.98. The standard InChI is InChI=1S/C23H29N3O2S/c1-6-24-22-26(25-13-15-7-8-16-11-19(15)23(16,2)3)20(14-29-22)18-12-17(27-4)9-10-21(18)28-5/h7,9-10,12-14,16,19H,6,8,11H2,1-5H3. The van der Waals surface area contributed by atoms with Gasteiger partial charge in [-0.25, -0.2) is 4.68 Å². The summed E-state index contributed by atoms with van der Waals surface area (Å²) >= 11 is 1.59. The summed E-state index contributed by atoms with van der Waals surface area (Å²) in [5, 5.41) is 6.99. The van der Waals surface area contributed by atoms with Gasteiger partial charge in [0.2, 0.25) is 4.80 Å². The molecule has 3 aliphatic carbocycles. The van der Waals surface area contributed by atoms with Crippen molar-refractivity contribution >= 4 is 17.6 Å². The van der Waals surface area contributed by atoms with Gasteiger partial charge >= 0.3 is 0 Å². The first-order valence-electron chi connectivity index (χ1n) is 10.2. The smallest absolute Gasteiger partial charge is 0.206 e. The van der Waals surface area contributed by atoms with Gasteiger partial charge in [-0.15, -0.1) is 11.3 Å². The SMILES string of the molecule is CCN=c1scc(-c2cc(OC)ccc2OC)n1N=CC1=CCC2CC1C2(C)C. The minimum Gasteiger partial charge on any atom is -0.497 e. The summed E-state index contributed by atoms with van der Waals surface area (Å²) in [6.45, 7) is 7.52. The number of aromatic nitrogens is 1. The lowest BCUT2D eigenvalue weighted by atomic mass is 9.49. The maximum Gasteiger partial charge on any atom is 0.206 e. The molecule has 2 atom stereocenters. The van der Waals surface area contributed by atoms with E-state index < -0.39 is 0 Å². The molecule has 0 N–H and O–H groups in total. The van der Waals surface area contributed by atoms with Crippen molar-refractivity contribution in [2.45, 2.75) is 33.6 Å². The zero-order valence-electron chi connectivity index (χ0n) is 17.8. The van der Waals surface area contributed by atoms with Gasteiger partial charge in [0.1, 0.15) is 11.5 Å². The van der Waals surface area contributed by atoms with Gasteiger partial charge in [-0.2, -0.15) is 5.10 Å². The molecular formula is C23H29N3O2S. The Morgan fingerprint density at radius 3 is 2.76 bits per heavy atom. The molecule has 0 radical (unpaired) electrons. The maximum atomic E-state index is 5.61. The Hall–Kier alpha value is -2.34. The summed E-state index contributed by atoms with van der Waals surface area (Å²) < 4.78 is 13.0. The van der Waals surface area contributed by atoms with Crippen LogP contribution in [0.5, 0.6) is 11.5 Å². The van der Waals surface area contributed by atoms with E-state index in [1.165, 1.54) is 12.0 Å². The van der Waals surface area contributed by atoms with E-state index >= 15 is 0 Å². The van der Waals surface area contributed by atoms with Crippen molar-refractivity contribution < 1.29 is 9.47 Å². The fraction of sp³-hybridized carbons (Fsp3) is 0.478. The molecule has 5 nitrogen and oxygen atoms in total. The Labute approximate surface area is 176 Å². The molecule has 5 rings (SSSR count). The summed E-state index contributed by atoms with van der Waals surface area (Å²) in [5.74, 6) is 3.00. The molecule has 1 fully saturated rings. The Kier molecular flexibility index (Phi) is 5.38. The van der Waals surface area contributed by atoms with Crippen LogP contribution < -0.4 is 14.3 Å². The summed E-state index contributed by atoms with van der Waals surface area (Å²) in [7, 11) is 3.36. The number of fused-ring (bicyclic) bond motifs is 1. The molecule has 0 spiro atoms. The molecule has 2 aromatic rings. The average molecular weight is 412 g/mol. The van der Waals surface area contributed by atoms with Crippen LogP contribution in [0.15, 0.2) is 45.3 Å². The van der Waals surface area contributed by atoms with Gasteiger partial charge in [0.15, 0.2) is 0 Å². The van der Waals surface area contributed by atoms with Gasteiger partial charge in [0.05, 0.1) is 26.1 Å². The van der Waals surface area contributed by atoms with E-state index in [4.69, 9.17) is 14.6 Å². The number of nitrogens with zero attached hydrogens (tertiary/aromatic N) is 3. The van der Waals surface area contributed by atoms with Crippen molar-refractivity contribution in [3.8, 4) is 22.8 Å². The molecule has 1 aromatic heterocycles. The van der Waals surface area contributed by atoms with Crippen LogP contribution in [0.4, 0.5) is 0 Å². The Morgan fingerprint density at radius 2 is 2.10 bits per heavy atom. The molecule has 1 heterocycles. The molecule has 0 amide bonds. The molecule has 2 bridgehead atoms.